The van der Waals surface area contributed by atoms with Crippen LogP contribution in [0.15, 0.2) is 68.8 Å². The molecular weight excluding hydrogens is 430 g/mol. The number of hydrogen-bond acceptors (Lipinski definition) is 8. The smallest absolute Gasteiger partial charge is 0.268 e. The Bertz CT molecular complexity index is 1450. The van der Waals surface area contributed by atoms with Crippen molar-refractivity contribution < 1.29 is 13.7 Å². The highest BCUT2D eigenvalue weighted by Crippen LogP contribution is 2.35. The Morgan fingerprint density at radius 3 is 2.81 bits per heavy atom. The van der Waals surface area contributed by atoms with Crippen LogP contribution in [0.2, 0.25) is 0 Å². The average molecular weight is 447 g/mol. The van der Waals surface area contributed by atoms with Crippen LogP contribution in [0.25, 0.3) is 32.4 Å². The minimum Gasteiger partial charge on any atom is -0.467 e. The second-order valence-corrected chi connectivity index (χ2v) is 8.06. The zero-order chi connectivity index (χ0) is 22.1. The van der Waals surface area contributed by atoms with Crippen LogP contribution in [-0.2, 0) is 17.9 Å². The molecule has 0 aliphatic rings. The first-order valence-corrected chi connectivity index (χ1v) is 10.6. The van der Waals surface area contributed by atoms with E-state index in [0.717, 1.165) is 5.56 Å². The monoisotopic (exact) mass is 447 g/mol. The number of amides is 1. The van der Waals surface area contributed by atoms with Gasteiger partial charge in [-0.05, 0) is 24.6 Å². The van der Waals surface area contributed by atoms with Crippen LogP contribution in [0, 0.1) is 6.92 Å². The van der Waals surface area contributed by atoms with Gasteiger partial charge in [-0.2, -0.15) is 4.98 Å². The number of thiophene rings is 1. The van der Waals surface area contributed by atoms with E-state index < -0.39 is 0 Å². The summed E-state index contributed by atoms with van der Waals surface area (Å²) in [6.45, 7) is 1.91. The number of furan rings is 1. The van der Waals surface area contributed by atoms with Gasteiger partial charge >= 0.3 is 0 Å². The molecule has 0 saturated carbocycles. The van der Waals surface area contributed by atoms with Crippen LogP contribution in [0.1, 0.15) is 11.3 Å². The fraction of sp³-hybridized carbons (Fsp3) is 0.136. The number of rotatable bonds is 6. The predicted molar refractivity (Wildman–Crippen MR) is 118 cm³/mol. The summed E-state index contributed by atoms with van der Waals surface area (Å²) in [5, 5.41) is 7.21. The molecule has 0 unspecified atom stereocenters. The van der Waals surface area contributed by atoms with Gasteiger partial charge < -0.3 is 14.3 Å². The summed E-state index contributed by atoms with van der Waals surface area (Å²) in [7, 11) is 0. The van der Waals surface area contributed by atoms with Crippen LogP contribution < -0.4 is 10.9 Å². The van der Waals surface area contributed by atoms with Gasteiger partial charge in [-0.25, -0.2) is 4.98 Å². The Morgan fingerprint density at radius 1 is 1.19 bits per heavy atom. The number of nitrogens with zero attached hydrogens (tertiary/aromatic N) is 4. The van der Waals surface area contributed by atoms with Gasteiger partial charge in [-0.1, -0.05) is 35.5 Å². The number of nitrogens with one attached hydrogen (secondary N) is 1. The van der Waals surface area contributed by atoms with Crippen LogP contribution in [0.5, 0.6) is 0 Å². The quantitative estimate of drug-likeness (QED) is 0.424. The number of carbonyl (C=O) groups is 1. The molecule has 1 amide bonds. The van der Waals surface area contributed by atoms with E-state index in [1.165, 1.54) is 28.5 Å². The molecule has 10 heteroatoms. The molecule has 5 aromatic rings. The molecule has 9 nitrogen and oxygen atoms in total. The zero-order valence-corrected chi connectivity index (χ0v) is 17.8. The summed E-state index contributed by atoms with van der Waals surface area (Å²) in [6.07, 6.45) is 2.91. The molecular formula is C22H17N5O4S. The molecule has 0 spiro atoms. The van der Waals surface area contributed by atoms with Crippen molar-refractivity contribution in [2.24, 2.45) is 0 Å². The van der Waals surface area contributed by atoms with Crippen molar-refractivity contribution in [1.82, 2.24) is 25.0 Å². The zero-order valence-electron chi connectivity index (χ0n) is 16.9. The van der Waals surface area contributed by atoms with Gasteiger partial charge in [0.05, 0.1) is 29.4 Å². The Balaban J connectivity index is 1.42. The van der Waals surface area contributed by atoms with Gasteiger partial charge in [-0.3, -0.25) is 14.2 Å². The molecule has 4 aromatic heterocycles. The van der Waals surface area contributed by atoms with Crippen molar-refractivity contribution in [3.05, 3.63) is 76.7 Å². The van der Waals surface area contributed by atoms with E-state index in [1.54, 1.807) is 12.1 Å². The summed E-state index contributed by atoms with van der Waals surface area (Å²) in [5.74, 6) is 1.11. The predicted octanol–water partition coefficient (Wildman–Crippen LogP) is 3.39. The minimum atomic E-state index is -0.317. The fourth-order valence-electron chi connectivity index (χ4n) is 3.31. The molecule has 1 aromatic carbocycles. The highest BCUT2D eigenvalue weighted by Gasteiger charge is 2.21. The maximum absolute atomic E-state index is 13.1. The van der Waals surface area contributed by atoms with Crippen LogP contribution in [0.4, 0.5) is 0 Å². The van der Waals surface area contributed by atoms with E-state index in [2.05, 4.69) is 20.4 Å². The lowest BCUT2D eigenvalue weighted by Gasteiger charge is -2.06. The highest BCUT2D eigenvalue weighted by molar-refractivity contribution is 7.22. The molecule has 5 rings (SSSR count). The van der Waals surface area contributed by atoms with Crippen LogP contribution in [-0.4, -0.2) is 25.6 Å². The third-order valence-electron chi connectivity index (χ3n) is 4.92. The first kappa shape index (κ1) is 19.9. The Labute approximate surface area is 185 Å². The summed E-state index contributed by atoms with van der Waals surface area (Å²) < 4.78 is 11.9. The molecule has 1 N–H and O–H groups in total. The number of aromatic nitrogens is 4. The first-order valence-electron chi connectivity index (χ1n) is 9.77. The molecule has 0 fully saturated rings. The maximum Gasteiger partial charge on any atom is 0.268 e. The van der Waals surface area contributed by atoms with Gasteiger partial charge in [0.1, 0.15) is 17.1 Å². The summed E-state index contributed by atoms with van der Waals surface area (Å²) in [4.78, 5) is 35.4. The Kier molecular flexibility index (Phi) is 5.12. The Morgan fingerprint density at radius 2 is 2.03 bits per heavy atom. The number of hydrogen-bond donors (Lipinski definition) is 1. The summed E-state index contributed by atoms with van der Waals surface area (Å²) >= 11 is 1.30. The molecule has 0 radical (unpaired) electrons. The lowest BCUT2D eigenvalue weighted by molar-refractivity contribution is -0.122. The highest BCUT2D eigenvalue weighted by atomic mass is 32.1. The topological polar surface area (TPSA) is 116 Å². The van der Waals surface area contributed by atoms with Crippen molar-refractivity contribution in [3.63, 3.8) is 0 Å². The SMILES string of the molecule is Cc1c(-c2nc(-c3ccccc3)no2)sc2ncn(CC(=O)NCc3ccco3)c(=O)c12. The van der Waals surface area contributed by atoms with Crippen molar-refractivity contribution in [1.29, 1.82) is 0 Å². The maximum atomic E-state index is 13.1. The van der Waals surface area contributed by atoms with Crippen molar-refractivity contribution in [2.75, 3.05) is 0 Å². The largest absolute Gasteiger partial charge is 0.467 e. The summed E-state index contributed by atoms with van der Waals surface area (Å²) in [5.41, 5.74) is 1.23. The van der Waals surface area contributed by atoms with Gasteiger partial charge in [-0.15, -0.1) is 11.3 Å². The molecule has 32 heavy (non-hydrogen) atoms. The second-order valence-electron chi connectivity index (χ2n) is 7.06. The van der Waals surface area contributed by atoms with Crippen LogP contribution in [0.3, 0.4) is 0 Å². The van der Waals surface area contributed by atoms with E-state index in [9.17, 15) is 9.59 Å². The standard InChI is InChI=1S/C22H17N5O4S/c1-13-17-21(32-18(13)20-25-19(26-31-20)14-6-3-2-4-7-14)24-12-27(22(17)29)11-16(28)23-10-15-8-5-9-30-15/h2-9,12H,10-11H2,1H3,(H,23,28). The van der Waals surface area contributed by atoms with Crippen molar-refractivity contribution >= 4 is 27.5 Å². The van der Waals surface area contributed by atoms with Crippen molar-refractivity contribution in [2.45, 2.75) is 20.0 Å². The molecule has 0 bridgehead atoms. The normalized spacial score (nSPS) is 11.2. The second kappa shape index (κ2) is 8.23. The lowest BCUT2D eigenvalue weighted by atomic mass is 10.2. The molecule has 4 heterocycles. The first-order chi connectivity index (χ1) is 15.6. The molecule has 160 valence electrons. The van der Waals surface area contributed by atoms with E-state index >= 15 is 0 Å². The lowest BCUT2D eigenvalue weighted by Crippen LogP contribution is -2.32. The third-order valence-corrected chi connectivity index (χ3v) is 6.11. The molecule has 0 aliphatic carbocycles. The van der Waals surface area contributed by atoms with Crippen LogP contribution >= 0.6 is 11.3 Å². The number of carbonyl (C=O) groups excluding carboxylic acids is 1. The molecule has 0 atom stereocenters. The number of fused-ring (bicyclic) bond motifs is 1. The molecule has 0 aliphatic heterocycles. The van der Waals surface area contributed by atoms with E-state index in [0.29, 0.717) is 38.1 Å². The fourth-order valence-corrected chi connectivity index (χ4v) is 4.37. The molecule has 0 saturated heterocycles. The average Bonchev–Trinajstić information content (AvgIpc) is 3.55. The van der Waals surface area contributed by atoms with E-state index in [-0.39, 0.29) is 24.6 Å². The van der Waals surface area contributed by atoms with E-state index in [1.807, 2.05) is 37.3 Å². The van der Waals surface area contributed by atoms with Gasteiger partial charge in [0, 0.05) is 5.56 Å². The van der Waals surface area contributed by atoms with Gasteiger partial charge in [0.2, 0.25) is 11.7 Å². The van der Waals surface area contributed by atoms with E-state index in [4.69, 9.17) is 8.94 Å². The number of benzene rings is 1. The summed E-state index contributed by atoms with van der Waals surface area (Å²) in [6, 6.07) is 13.0. The number of aryl methyl sites for hydroxylation is 1. The minimum absolute atomic E-state index is 0.147. The van der Waals surface area contributed by atoms with Gasteiger partial charge in [0.15, 0.2) is 0 Å². The Hall–Kier alpha value is -4.05. The third kappa shape index (κ3) is 3.71. The van der Waals surface area contributed by atoms with Crippen molar-refractivity contribution in [3.8, 4) is 22.2 Å². The van der Waals surface area contributed by atoms with Gasteiger partial charge in [0.25, 0.3) is 11.4 Å².